The van der Waals surface area contributed by atoms with Gasteiger partial charge in [0.1, 0.15) is 0 Å². The molecule has 0 aliphatic heterocycles. The summed E-state index contributed by atoms with van der Waals surface area (Å²) in [7, 11) is 0. The van der Waals surface area contributed by atoms with Gasteiger partial charge in [-0.1, -0.05) is 91.8 Å². The van der Waals surface area contributed by atoms with E-state index in [9.17, 15) is 0 Å². The Labute approximate surface area is 155 Å². The number of rotatable bonds is 6. The predicted octanol–water partition coefficient (Wildman–Crippen LogP) is 7.77. The average Bonchev–Trinajstić information content (AvgIpc) is 2.53. The van der Waals surface area contributed by atoms with Crippen LogP contribution in [-0.4, -0.2) is 0 Å². The monoisotopic (exact) mass is 336 g/mol. The summed E-state index contributed by atoms with van der Waals surface area (Å²) in [5.41, 5.74) is 9.29. The first kappa shape index (κ1) is 19.8. The molecule has 0 nitrogen and oxygen atoms in total. The van der Waals surface area contributed by atoms with Gasteiger partial charge < -0.3 is 0 Å². The van der Waals surface area contributed by atoms with Crippen LogP contribution in [0.15, 0.2) is 36.4 Å². The molecule has 2 aromatic rings. The summed E-state index contributed by atoms with van der Waals surface area (Å²) in [4.78, 5) is 0. The van der Waals surface area contributed by atoms with E-state index in [2.05, 4.69) is 91.8 Å². The van der Waals surface area contributed by atoms with E-state index < -0.39 is 0 Å². The molecule has 0 fully saturated rings. The largest absolute Gasteiger partial charge is 0.0622 e. The Bertz CT molecular complexity index is 688. The van der Waals surface area contributed by atoms with Gasteiger partial charge in [-0.05, 0) is 63.5 Å². The zero-order valence-electron chi connectivity index (χ0n) is 17.5. The van der Waals surface area contributed by atoms with Crippen LogP contribution in [0.3, 0.4) is 0 Å². The molecule has 0 atom stereocenters. The van der Waals surface area contributed by atoms with Crippen molar-refractivity contribution < 1.29 is 0 Å². The minimum atomic E-state index is 0.551. The molecular formula is C25H36. The van der Waals surface area contributed by atoms with Gasteiger partial charge in [-0.25, -0.2) is 0 Å². The SMILES string of the molecule is CC(C)c1cc(Cc2ccccc2)c(C(C)C)c(C(C)C)c1C(C)C. The van der Waals surface area contributed by atoms with Gasteiger partial charge in [0.15, 0.2) is 0 Å². The van der Waals surface area contributed by atoms with Gasteiger partial charge >= 0.3 is 0 Å². The van der Waals surface area contributed by atoms with Gasteiger partial charge in [0, 0.05) is 0 Å². The molecule has 2 aromatic carbocycles. The fourth-order valence-corrected chi connectivity index (χ4v) is 4.20. The highest BCUT2D eigenvalue weighted by molar-refractivity contribution is 5.52. The smallest absolute Gasteiger partial charge is 0.00227 e. The minimum Gasteiger partial charge on any atom is -0.0622 e. The van der Waals surface area contributed by atoms with E-state index >= 15 is 0 Å². The van der Waals surface area contributed by atoms with Crippen LogP contribution in [0.1, 0.15) is 112 Å². The lowest BCUT2D eigenvalue weighted by molar-refractivity contribution is 0.713. The van der Waals surface area contributed by atoms with Crippen molar-refractivity contribution in [2.75, 3.05) is 0 Å². The van der Waals surface area contributed by atoms with Gasteiger partial charge in [-0.15, -0.1) is 0 Å². The molecule has 0 aliphatic rings. The van der Waals surface area contributed by atoms with Crippen molar-refractivity contribution in [2.24, 2.45) is 0 Å². The highest BCUT2D eigenvalue weighted by atomic mass is 14.3. The van der Waals surface area contributed by atoms with E-state index in [1.54, 1.807) is 22.3 Å². The predicted molar refractivity (Wildman–Crippen MR) is 112 cm³/mol. The minimum absolute atomic E-state index is 0.551. The van der Waals surface area contributed by atoms with Gasteiger partial charge in [0.2, 0.25) is 0 Å². The van der Waals surface area contributed by atoms with Crippen LogP contribution >= 0.6 is 0 Å². The Kier molecular flexibility index (Phi) is 6.49. The molecular weight excluding hydrogens is 300 g/mol. The van der Waals surface area contributed by atoms with Crippen molar-refractivity contribution in [3.8, 4) is 0 Å². The fourth-order valence-electron chi connectivity index (χ4n) is 4.20. The fraction of sp³-hybridized carbons (Fsp3) is 0.520. The zero-order valence-corrected chi connectivity index (χ0v) is 17.5. The Hall–Kier alpha value is -1.56. The summed E-state index contributed by atoms with van der Waals surface area (Å²) in [6, 6.07) is 13.4. The summed E-state index contributed by atoms with van der Waals surface area (Å²) < 4.78 is 0. The third kappa shape index (κ3) is 4.35. The first-order chi connectivity index (χ1) is 11.7. The molecule has 0 radical (unpaired) electrons. The topological polar surface area (TPSA) is 0 Å². The van der Waals surface area contributed by atoms with Gasteiger partial charge in [-0.2, -0.15) is 0 Å². The third-order valence-electron chi connectivity index (χ3n) is 5.16. The maximum atomic E-state index is 2.52. The van der Waals surface area contributed by atoms with Crippen LogP contribution in [-0.2, 0) is 6.42 Å². The van der Waals surface area contributed by atoms with Crippen molar-refractivity contribution in [1.29, 1.82) is 0 Å². The highest BCUT2D eigenvalue weighted by Gasteiger charge is 2.24. The first-order valence-corrected chi connectivity index (χ1v) is 9.97. The Morgan fingerprint density at radius 3 is 1.56 bits per heavy atom. The number of hydrogen-bond acceptors (Lipinski definition) is 0. The van der Waals surface area contributed by atoms with E-state index in [0.29, 0.717) is 23.7 Å². The van der Waals surface area contributed by atoms with E-state index in [1.165, 1.54) is 11.1 Å². The molecule has 0 N–H and O–H groups in total. The normalized spacial score (nSPS) is 12.0. The number of benzene rings is 2. The van der Waals surface area contributed by atoms with E-state index in [-0.39, 0.29) is 0 Å². The van der Waals surface area contributed by atoms with E-state index in [1.807, 2.05) is 0 Å². The number of hydrogen-bond donors (Lipinski definition) is 0. The summed E-state index contributed by atoms with van der Waals surface area (Å²) in [5, 5.41) is 0. The summed E-state index contributed by atoms with van der Waals surface area (Å²) in [6.07, 6.45) is 1.03. The second-order valence-electron chi connectivity index (χ2n) is 8.65. The lowest BCUT2D eigenvalue weighted by Gasteiger charge is -2.30. The van der Waals surface area contributed by atoms with Crippen molar-refractivity contribution in [3.63, 3.8) is 0 Å². The van der Waals surface area contributed by atoms with Crippen LogP contribution < -0.4 is 0 Å². The maximum Gasteiger partial charge on any atom is -0.00227 e. The molecule has 0 spiro atoms. The molecule has 0 amide bonds. The van der Waals surface area contributed by atoms with Crippen molar-refractivity contribution in [3.05, 3.63) is 69.8 Å². The molecule has 0 unspecified atom stereocenters. The van der Waals surface area contributed by atoms with Crippen LogP contribution in [0.4, 0.5) is 0 Å². The molecule has 0 saturated heterocycles. The first-order valence-electron chi connectivity index (χ1n) is 9.97. The Morgan fingerprint density at radius 2 is 1.12 bits per heavy atom. The van der Waals surface area contributed by atoms with Gasteiger partial charge in [0.25, 0.3) is 0 Å². The molecule has 0 aromatic heterocycles. The molecule has 136 valence electrons. The van der Waals surface area contributed by atoms with Crippen molar-refractivity contribution >= 4 is 0 Å². The molecule has 0 aliphatic carbocycles. The molecule has 0 bridgehead atoms. The Morgan fingerprint density at radius 1 is 0.600 bits per heavy atom. The van der Waals surface area contributed by atoms with Crippen LogP contribution in [0.2, 0.25) is 0 Å². The standard InChI is InChI=1S/C25H36/c1-16(2)22-15-21(14-20-12-10-9-11-13-20)23(17(3)4)25(19(7)8)24(22)18(5)6/h9-13,15-19H,14H2,1-8H3. The second kappa shape index (κ2) is 8.21. The molecule has 0 saturated carbocycles. The second-order valence-corrected chi connectivity index (χ2v) is 8.65. The van der Waals surface area contributed by atoms with Crippen LogP contribution in [0.5, 0.6) is 0 Å². The van der Waals surface area contributed by atoms with Crippen molar-refractivity contribution in [1.82, 2.24) is 0 Å². The third-order valence-corrected chi connectivity index (χ3v) is 5.16. The lowest BCUT2D eigenvalue weighted by Crippen LogP contribution is -2.13. The summed E-state index contributed by atoms with van der Waals surface area (Å²) in [6.45, 7) is 18.8. The molecule has 0 heterocycles. The van der Waals surface area contributed by atoms with Crippen molar-refractivity contribution in [2.45, 2.75) is 85.5 Å². The molecule has 2 rings (SSSR count). The summed E-state index contributed by atoms with van der Waals surface area (Å²) in [5.74, 6) is 2.24. The van der Waals surface area contributed by atoms with E-state index in [4.69, 9.17) is 0 Å². The van der Waals surface area contributed by atoms with E-state index in [0.717, 1.165) is 6.42 Å². The average molecular weight is 337 g/mol. The molecule has 0 heteroatoms. The van der Waals surface area contributed by atoms with Gasteiger partial charge in [-0.3, -0.25) is 0 Å². The van der Waals surface area contributed by atoms with Crippen LogP contribution in [0.25, 0.3) is 0 Å². The quantitative estimate of drug-likeness (QED) is 0.505. The maximum absolute atomic E-state index is 2.52. The Balaban J connectivity index is 2.77. The van der Waals surface area contributed by atoms with Gasteiger partial charge in [0.05, 0.1) is 0 Å². The van der Waals surface area contributed by atoms with Crippen LogP contribution in [0, 0.1) is 0 Å². The molecule has 25 heavy (non-hydrogen) atoms. The lowest BCUT2D eigenvalue weighted by atomic mass is 9.75. The summed E-state index contributed by atoms with van der Waals surface area (Å²) >= 11 is 0. The highest BCUT2D eigenvalue weighted by Crippen LogP contribution is 2.40. The zero-order chi connectivity index (χ0) is 18.7.